The van der Waals surface area contributed by atoms with E-state index in [1.807, 2.05) is 11.5 Å². The lowest BCUT2D eigenvalue weighted by Gasteiger charge is -2.12. The number of thioether (sulfide) groups is 1. The molecule has 1 amide bonds. The first-order valence-corrected chi connectivity index (χ1v) is 7.41. The second kappa shape index (κ2) is 7.88. The molecule has 1 aromatic rings. The Balaban J connectivity index is 2.79. The van der Waals surface area contributed by atoms with Crippen molar-refractivity contribution in [1.29, 1.82) is 0 Å². The number of hydrogen-bond acceptors (Lipinski definition) is 5. The zero-order valence-corrected chi connectivity index (χ0v) is 12.8. The number of carbonyl (C=O) groups excluding carboxylic acids is 1. The molecule has 8 heteroatoms. The predicted octanol–water partition coefficient (Wildman–Crippen LogP) is 0.886. The summed E-state index contributed by atoms with van der Waals surface area (Å²) in [6, 6.07) is 0. The zero-order chi connectivity index (χ0) is 15.1. The fraction of sp³-hybridized carbons (Fsp3) is 0.667. The van der Waals surface area contributed by atoms with Crippen LogP contribution >= 0.6 is 11.8 Å². The fourth-order valence-electron chi connectivity index (χ4n) is 1.62. The van der Waals surface area contributed by atoms with Crippen LogP contribution in [0.2, 0.25) is 0 Å². The summed E-state index contributed by atoms with van der Waals surface area (Å²) >= 11 is 1.13. The number of aliphatic carboxylic acids is 1. The quantitative estimate of drug-likeness (QED) is 0.717. The van der Waals surface area contributed by atoms with Gasteiger partial charge in [-0.05, 0) is 6.42 Å². The number of rotatable bonds is 8. The third-order valence-corrected chi connectivity index (χ3v) is 3.59. The third kappa shape index (κ3) is 4.84. The number of aromatic nitrogens is 3. The molecule has 0 radical (unpaired) electrons. The Labute approximate surface area is 122 Å². The van der Waals surface area contributed by atoms with E-state index in [2.05, 4.69) is 10.2 Å². The van der Waals surface area contributed by atoms with Crippen LogP contribution in [-0.4, -0.2) is 56.5 Å². The smallest absolute Gasteiger partial charge is 0.313 e. The summed E-state index contributed by atoms with van der Waals surface area (Å²) in [5.41, 5.74) is 0. The monoisotopic (exact) mass is 300 g/mol. The van der Waals surface area contributed by atoms with E-state index in [0.29, 0.717) is 18.1 Å². The zero-order valence-electron chi connectivity index (χ0n) is 12.0. The van der Waals surface area contributed by atoms with Gasteiger partial charge in [0, 0.05) is 33.5 Å². The molecule has 1 heterocycles. The molecule has 7 nitrogen and oxygen atoms in total. The second-order valence-corrected chi connectivity index (χ2v) is 5.46. The van der Waals surface area contributed by atoms with E-state index in [0.717, 1.165) is 30.4 Å². The molecule has 0 aliphatic heterocycles. The molecule has 0 aliphatic carbocycles. The van der Waals surface area contributed by atoms with Crippen molar-refractivity contribution in [2.45, 2.75) is 37.9 Å². The van der Waals surface area contributed by atoms with Crippen molar-refractivity contribution in [3.63, 3.8) is 0 Å². The lowest BCUT2D eigenvalue weighted by atomic mass is 10.3. The Hall–Kier alpha value is -1.57. The maximum absolute atomic E-state index is 11.7. The topological polar surface area (TPSA) is 88.3 Å². The lowest BCUT2D eigenvalue weighted by molar-refractivity contribution is -0.134. The van der Waals surface area contributed by atoms with Crippen LogP contribution in [-0.2, 0) is 22.6 Å². The van der Waals surface area contributed by atoms with Gasteiger partial charge < -0.3 is 14.6 Å². The van der Waals surface area contributed by atoms with Gasteiger partial charge in [-0.2, -0.15) is 0 Å². The highest BCUT2D eigenvalue weighted by atomic mass is 32.2. The van der Waals surface area contributed by atoms with E-state index >= 15 is 0 Å². The van der Waals surface area contributed by atoms with Crippen LogP contribution in [0.25, 0.3) is 0 Å². The molecule has 0 aromatic carbocycles. The maximum atomic E-state index is 11.7. The molecule has 0 unspecified atom stereocenters. The fourth-order valence-corrected chi connectivity index (χ4v) is 2.32. The second-order valence-electron chi connectivity index (χ2n) is 4.52. The lowest BCUT2D eigenvalue weighted by Crippen LogP contribution is -2.23. The van der Waals surface area contributed by atoms with Crippen LogP contribution in [0.1, 0.15) is 25.6 Å². The molecule has 0 atom stereocenters. The Morgan fingerprint density at radius 3 is 2.60 bits per heavy atom. The number of hydrogen-bond donors (Lipinski definition) is 1. The Kier molecular flexibility index (Phi) is 6.50. The van der Waals surface area contributed by atoms with Crippen molar-refractivity contribution in [2.24, 2.45) is 0 Å². The van der Waals surface area contributed by atoms with E-state index < -0.39 is 5.97 Å². The van der Waals surface area contributed by atoms with Gasteiger partial charge in [0.25, 0.3) is 0 Å². The largest absolute Gasteiger partial charge is 0.481 e. The van der Waals surface area contributed by atoms with Crippen molar-refractivity contribution in [1.82, 2.24) is 19.7 Å². The molecular weight excluding hydrogens is 280 g/mol. The van der Waals surface area contributed by atoms with Gasteiger partial charge >= 0.3 is 5.97 Å². The van der Waals surface area contributed by atoms with Crippen molar-refractivity contribution in [3.05, 3.63) is 5.82 Å². The van der Waals surface area contributed by atoms with E-state index in [1.165, 1.54) is 4.90 Å². The van der Waals surface area contributed by atoms with Crippen LogP contribution < -0.4 is 0 Å². The molecule has 0 saturated carbocycles. The summed E-state index contributed by atoms with van der Waals surface area (Å²) in [5.74, 6) is -0.139. The molecule has 1 aromatic heterocycles. The van der Waals surface area contributed by atoms with Crippen molar-refractivity contribution in [3.8, 4) is 0 Å². The average Bonchev–Trinajstić information content (AvgIpc) is 2.76. The SMILES string of the molecule is CCCc1nnc(SCC(=O)O)n1CCC(=O)N(C)C. The molecule has 0 aliphatic rings. The van der Waals surface area contributed by atoms with Crippen molar-refractivity contribution >= 4 is 23.6 Å². The van der Waals surface area contributed by atoms with Gasteiger partial charge in [-0.3, -0.25) is 9.59 Å². The Morgan fingerprint density at radius 2 is 2.05 bits per heavy atom. The Bertz CT molecular complexity index is 473. The molecule has 1 N–H and O–H groups in total. The molecular formula is C12H20N4O3S. The number of amides is 1. The van der Waals surface area contributed by atoms with Crippen LogP contribution in [0.15, 0.2) is 5.16 Å². The van der Waals surface area contributed by atoms with Crippen LogP contribution in [0.3, 0.4) is 0 Å². The minimum absolute atomic E-state index is 0.0235. The molecule has 20 heavy (non-hydrogen) atoms. The van der Waals surface area contributed by atoms with Crippen molar-refractivity contribution < 1.29 is 14.7 Å². The highest BCUT2D eigenvalue weighted by Gasteiger charge is 2.15. The third-order valence-electron chi connectivity index (χ3n) is 2.64. The van der Waals surface area contributed by atoms with Gasteiger partial charge in [0.2, 0.25) is 5.91 Å². The molecule has 0 bridgehead atoms. The molecule has 0 fully saturated rings. The van der Waals surface area contributed by atoms with Crippen LogP contribution in [0.4, 0.5) is 0 Å². The summed E-state index contributed by atoms with van der Waals surface area (Å²) < 4.78 is 1.85. The predicted molar refractivity (Wildman–Crippen MR) is 75.7 cm³/mol. The number of carbonyl (C=O) groups is 2. The normalized spacial score (nSPS) is 10.6. The Morgan fingerprint density at radius 1 is 1.35 bits per heavy atom. The van der Waals surface area contributed by atoms with Gasteiger partial charge in [0.05, 0.1) is 5.75 Å². The number of carboxylic acids is 1. The highest BCUT2D eigenvalue weighted by molar-refractivity contribution is 7.99. The van der Waals surface area contributed by atoms with Gasteiger partial charge in [0.1, 0.15) is 5.82 Å². The summed E-state index contributed by atoms with van der Waals surface area (Å²) in [6.07, 6.45) is 2.03. The van der Waals surface area contributed by atoms with Gasteiger partial charge in [0.15, 0.2) is 5.16 Å². The highest BCUT2D eigenvalue weighted by Crippen LogP contribution is 2.18. The standard InChI is InChI=1S/C12H20N4O3S/c1-4-5-9-13-14-12(20-8-11(18)19)16(9)7-6-10(17)15(2)3/h4-8H2,1-3H3,(H,18,19). The summed E-state index contributed by atoms with van der Waals surface area (Å²) in [6.45, 7) is 2.51. The van der Waals surface area contributed by atoms with Crippen LogP contribution in [0, 0.1) is 0 Å². The van der Waals surface area contributed by atoms with E-state index in [9.17, 15) is 9.59 Å². The minimum atomic E-state index is -0.897. The molecule has 0 spiro atoms. The van der Waals surface area contributed by atoms with Crippen molar-refractivity contribution in [2.75, 3.05) is 19.8 Å². The first kappa shape index (κ1) is 16.5. The van der Waals surface area contributed by atoms with E-state index in [-0.39, 0.29) is 11.7 Å². The van der Waals surface area contributed by atoms with Crippen LogP contribution in [0.5, 0.6) is 0 Å². The first-order valence-electron chi connectivity index (χ1n) is 6.42. The summed E-state index contributed by atoms with van der Waals surface area (Å²) in [4.78, 5) is 23.8. The van der Waals surface area contributed by atoms with Gasteiger partial charge in [-0.15, -0.1) is 10.2 Å². The number of carboxylic acid groups (broad SMARTS) is 1. The minimum Gasteiger partial charge on any atom is -0.481 e. The van der Waals surface area contributed by atoms with E-state index in [4.69, 9.17) is 5.11 Å². The molecule has 0 saturated heterocycles. The van der Waals surface area contributed by atoms with E-state index in [1.54, 1.807) is 14.1 Å². The molecule has 1 rings (SSSR count). The number of aryl methyl sites for hydroxylation is 1. The molecule has 112 valence electrons. The average molecular weight is 300 g/mol. The summed E-state index contributed by atoms with van der Waals surface area (Å²) in [7, 11) is 3.42. The first-order chi connectivity index (χ1) is 9.45. The van der Waals surface area contributed by atoms with Gasteiger partial charge in [-0.25, -0.2) is 0 Å². The van der Waals surface area contributed by atoms with Gasteiger partial charge in [-0.1, -0.05) is 18.7 Å². The number of nitrogens with zero attached hydrogens (tertiary/aromatic N) is 4. The maximum Gasteiger partial charge on any atom is 0.313 e. The summed E-state index contributed by atoms with van der Waals surface area (Å²) in [5, 5.41) is 17.4.